The third-order valence-corrected chi connectivity index (χ3v) is 3.84. The largest absolute Gasteiger partial charge is 0.492 e. The summed E-state index contributed by atoms with van der Waals surface area (Å²) in [5, 5.41) is 5.43. The molecule has 0 atom stereocenters. The third-order valence-electron chi connectivity index (χ3n) is 3.84. The number of esters is 1. The van der Waals surface area contributed by atoms with Crippen LogP contribution in [-0.2, 0) is 4.74 Å². The van der Waals surface area contributed by atoms with Gasteiger partial charge in [0.2, 0.25) is 0 Å². The van der Waals surface area contributed by atoms with E-state index in [9.17, 15) is 9.59 Å². The van der Waals surface area contributed by atoms with Gasteiger partial charge in [-0.25, -0.2) is 9.59 Å². The summed E-state index contributed by atoms with van der Waals surface area (Å²) in [5.41, 5.74) is 2.25. The highest BCUT2D eigenvalue weighted by Gasteiger charge is 2.07. The fraction of sp³-hybridized carbons (Fsp3) is 0.333. The van der Waals surface area contributed by atoms with Gasteiger partial charge >= 0.3 is 12.0 Å². The van der Waals surface area contributed by atoms with E-state index in [4.69, 9.17) is 9.47 Å². The number of anilines is 1. The molecule has 6 nitrogen and oxygen atoms in total. The molecule has 0 bridgehead atoms. The predicted octanol–water partition coefficient (Wildman–Crippen LogP) is 4.19. The lowest BCUT2D eigenvalue weighted by Gasteiger charge is -2.11. The number of carbonyl (C=O) groups is 2. The molecule has 27 heavy (non-hydrogen) atoms. The molecule has 0 fully saturated rings. The molecule has 2 aromatic rings. The first-order valence-corrected chi connectivity index (χ1v) is 9.04. The maximum absolute atomic E-state index is 11.9. The zero-order valence-corrected chi connectivity index (χ0v) is 16.0. The summed E-state index contributed by atoms with van der Waals surface area (Å²) in [6, 6.07) is 14.1. The van der Waals surface area contributed by atoms with Gasteiger partial charge in [0.1, 0.15) is 12.4 Å². The second kappa shape index (κ2) is 10.2. The molecule has 0 aromatic heterocycles. The molecule has 2 N–H and O–H groups in total. The molecule has 0 aliphatic carbocycles. The first kappa shape index (κ1) is 20.3. The van der Waals surface area contributed by atoms with Gasteiger partial charge in [0, 0.05) is 5.69 Å². The fourth-order valence-electron chi connectivity index (χ4n) is 2.38. The first-order valence-electron chi connectivity index (χ1n) is 9.04. The molecular weight excluding hydrogens is 344 g/mol. The Hall–Kier alpha value is -3.02. The number of benzene rings is 2. The molecule has 6 heteroatoms. The quantitative estimate of drug-likeness (QED) is 0.540. The average Bonchev–Trinajstić information content (AvgIpc) is 2.66. The van der Waals surface area contributed by atoms with E-state index >= 15 is 0 Å². The van der Waals surface area contributed by atoms with Crippen LogP contribution in [0.15, 0.2) is 48.5 Å². The maximum Gasteiger partial charge on any atom is 0.338 e. The van der Waals surface area contributed by atoms with Gasteiger partial charge in [-0.1, -0.05) is 26.0 Å². The van der Waals surface area contributed by atoms with E-state index in [1.807, 2.05) is 18.2 Å². The zero-order chi connectivity index (χ0) is 19.6. The van der Waals surface area contributed by atoms with Crippen molar-refractivity contribution in [3.8, 4) is 5.75 Å². The summed E-state index contributed by atoms with van der Waals surface area (Å²) in [4.78, 5) is 23.5. The molecule has 2 amide bonds. The van der Waals surface area contributed by atoms with Crippen LogP contribution in [-0.4, -0.2) is 31.8 Å². The molecule has 2 aromatic carbocycles. The second-order valence-electron chi connectivity index (χ2n) is 6.25. The molecule has 144 valence electrons. The van der Waals surface area contributed by atoms with Crippen LogP contribution in [0.4, 0.5) is 10.5 Å². The van der Waals surface area contributed by atoms with Crippen LogP contribution in [0.25, 0.3) is 0 Å². The van der Waals surface area contributed by atoms with Crippen LogP contribution in [0.3, 0.4) is 0 Å². The summed E-state index contributed by atoms with van der Waals surface area (Å²) in [7, 11) is 0. The van der Waals surface area contributed by atoms with E-state index in [-0.39, 0.29) is 12.0 Å². The maximum atomic E-state index is 11.9. The Morgan fingerprint density at radius 2 is 1.81 bits per heavy atom. The topological polar surface area (TPSA) is 76.7 Å². The van der Waals surface area contributed by atoms with Gasteiger partial charge < -0.3 is 20.1 Å². The van der Waals surface area contributed by atoms with E-state index in [1.54, 1.807) is 31.2 Å². The van der Waals surface area contributed by atoms with Crippen molar-refractivity contribution in [2.75, 3.05) is 25.1 Å². The first-order chi connectivity index (χ1) is 13.0. The minimum atomic E-state index is -0.382. The summed E-state index contributed by atoms with van der Waals surface area (Å²) in [5.74, 6) is 0.845. The van der Waals surface area contributed by atoms with Crippen molar-refractivity contribution in [3.63, 3.8) is 0 Å². The molecule has 2 rings (SSSR count). The average molecular weight is 370 g/mol. The zero-order valence-electron chi connectivity index (χ0n) is 16.0. The summed E-state index contributed by atoms with van der Waals surface area (Å²) >= 11 is 0. The van der Waals surface area contributed by atoms with Crippen LogP contribution in [0.2, 0.25) is 0 Å². The highest BCUT2D eigenvalue weighted by Crippen LogP contribution is 2.19. The standard InChI is InChI=1S/C21H26N2O4/c1-4-26-20(24)16-8-10-18(11-9-16)23-21(25)22-12-13-27-19-7-5-6-17(14-19)15(2)3/h5-11,14-15H,4,12-13H2,1-3H3,(H2,22,23,25). The van der Waals surface area contributed by atoms with Crippen molar-refractivity contribution in [1.29, 1.82) is 0 Å². The van der Waals surface area contributed by atoms with Gasteiger partial charge in [0.05, 0.1) is 18.7 Å². The lowest BCUT2D eigenvalue weighted by Crippen LogP contribution is -2.32. The molecule has 0 aliphatic rings. The molecular formula is C21H26N2O4. The monoisotopic (exact) mass is 370 g/mol. The number of carbonyl (C=O) groups excluding carboxylic acids is 2. The van der Waals surface area contributed by atoms with Gasteiger partial charge in [-0.3, -0.25) is 0 Å². The minimum absolute atomic E-state index is 0.324. The third kappa shape index (κ3) is 6.66. The Morgan fingerprint density at radius 3 is 2.48 bits per heavy atom. The molecule has 0 heterocycles. The highest BCUT2D eigenvalue weighted by atomic mass is 16.5. The Kier molecular flexibility index (Phi) is 7.67. The Balaban J connectivity index is 1.73. The van der Waals surface area contributed by atoms with Gasteiger partial charge in [-0.05, 0) is 54.8 Å². The molecule has 0 saturated heterocycles. The van der Waals surface area contributed by atoms with Gasteiger partial charge in [-0.2, -0.15) is 0 Å². The van der Waals surface area contributed by atoms with Crippen LogP contribution in [0.5, 0.6) is 5.75 Å². The molecule has 0 unspecified atom stereocenters. The van der Waals surface area contributed by atoms with E-state index in [2.05, 4.69) is 30.5 Å². The van der Waals surface area contributed by atoms with E-state index in [1.165, 1.54) is 5.56 Å². The van der Waals surface area contributed by atoms with E-state index in [0.717, 1.165) is 5.75 Å². The van der Waals surface area contributed by atoms with Crippen molar-refractivity contribution in [2.24, 2.45) is 0 Å². The lowest BCUT2D eigenvalue weighted by atomic mass is 10.0. The number of amides is 2. The predicted molar refractivity (Wildman–Crippen MR) is 105 cm³/mol. The number of hydrogen-bond acceptors (Lipinski definition) is 4. The van der Waals surface area contributed by atoms with Crippen LogP contribution in [0, 0.1) is 0 Å². The van der Waals surface area contributed by atoms with Crippen molar-refractivity contribution in [3.05, 3.63) is 59.7 Å². The number of nitrogens with one attached hydrogen (secondary N) is 2. The molecule has 0 aliphatic heterocycles. The number of rotatable bonds is 8. The van der Waals surface area contributed by atoms with Gasteiger partial charge in [0.25, 0.3) is 0 Å². The Morgan fingerprint density at radius 1 is 1.07 bits per heavy atom. The SMILES string of the molecule is CCOC(=O)c1ccc(NC(=O)NCCOc2cccc(C(C)C)c2)cc1. The lowest BCUT2D eigenvalue weighted by molar-refractivity contribution is 0.0526. The number of ether oxygens (including phenoxy) is 2. The second-order valence-corrected chi connectivity index (χ2v) is 6.25. The number of hydrogen-bond donors (Lipinski definition) is 2. The summed E-state index contributed by atoms with van der Waals surface area (Å²) < 4.78 is 10.6. The molecule has 0 spiro atoms. The molecule has 0 saturated carbocycles. The van der Waals surface area contributed by atoms with Crippen molar-refractivity contribution >= 4 is 17.7 Å². The minimum Gasteiger partial charge on any atom is -0.492 e. The van der Waals surface area contributed by atoms with E-state index < -0.39 is 0 Å². The van der Waals surface area contributed by atoms with Crippen molar-refractivity contribution in [1.82, 2.24) is 5.32 Å². The molecule has 0 radical (unpaired) electrons. The van der Waals surface area contributed by atoms with Gasteiger partial charge in [-0.15, -0.1) is 0 Å². The van der Waals surface area contributed by atoms with Crippen LogP contribution < -0.4 is 15.4 Å². The van der Waals surface area contributed by atoms with Crippen molar-refractivity contribution in [2.45, 2.75) is 26.7 Å². The van der Waals surface area contributed by atoms with E-state index in [0.29, 0.717) is 36.9 Å². The van der Waals surface area contributed by atoms with Gasteiger partial charge in [0.15, 0.2) is 0 Å². The van der Waals surface area contributed by atoms with Crippen LogP contribution in [0.1, 0.15) is 42.6 Å². The fourth-order valence-corrected chi connectivity index (χ4v) is 2.38. The summed E-state index contributed by atoms with van der Waals surface area (Å²) in [6.45, 7) is 7.08. The van der Waals surface area contributed by atoms with Crippen LogP contribution >= 0.6 is 0 Å². The Bertz CT molecular complexity index is 757. The van der Waals surface area contributed by atoms with Crippen molar-refractivity contribution < 1.29 is 19.1 Å². The normalized spacial score (nSPS) is 10.4. The number of urea groups is 1. The Labute approximate surface area is 159 Å². The smallest absolute Gasteiger partial charge is 0.338 e. The summed E-state index contributed by atoms with van der Waals surface area (Å²) in [6.07, 6.45) is 0. The highest BCUT2D eigenvalue weighted by molar-refractivity contribution is 5.92.